The topological polar surface area (TPSA) is 59.8 Å². The van der Waals surface area contributed by atoms with Crippen LogP contribution in [0.4, 0.5) is 5.69 Å². The number of hydrogen-bond donors (Lipinski definition) is 1. The lowest BCUT2D eigenvalue weighted by molar-refractivity contribution is -0.113. The Morgan fingerprint density at radius 2 is 1.57 bits per heavy atom. The number of hydrogen-bond acceptors (Lipinski definition) is 4. The van der Waals surface area contributed by atoms with Gasteiger partial charge in [-0.2, -0.15) is 0 Å². The van der Waals surface area contributed by atoms with E-state index in [1.165, 1.54) is 22.9 Å². The van der Waals surface area contributed by atoms with Crippen LogP contribution in [-0.4, -0.2) is 26.4 Å². The van der Waals surface area contributed by atoms with Crippen LogP contribution in [0, 0.1) is 0 Å². The molecule has 6 heteroatoms. The molecule has 4 aromatic rings. The Hall–Kier alpha value is -3.38. The van der Waals surface area contributed by atoms with Crippen LogP contribution in [0.2, 0.25) is 0 Å². The summed E-state index contributed by atoms with van der Waals surface area (Å²) in [6.45, 7) is 10.9. The van der Waals surface area contributed by atoms with E-state index in [2.05, 4.69) is 86.5 Å². The van der Waals surface area contributed by atoms with Crippen LogP contribution in [0.5, 0.6) is 0 Å². The van der Waals surface area contributed by atoms with Gasteiger partial charge in [-0.3, -0.25) is 9.36 Å². The summed E-state index contributed by atoms with van der Waals surface area (Å²) in [5, 5.41) is 12.6. The minimum absolute atomic E-state index is 0.0778. The molecular formula is C29H32N4OS. The molecule has 1 heterocycles. The van der Waals surface area contributed by atoms with Gasteiger partial charge in [-0.25, -0.2) is 0 Å². The first kappa shape index (κ1) is 24.7. The first-order chi connectivity index (χ1) is 16.7. The zero-order valence-corrected chi connectivity index (χ0v) is 21.8. The first-order valence-corrected chi connectivity index (χ1v) is 12.9. The maximum absolute atomic E-state index is 12.7. The summed E-state index contributed by atoms with van der Waals surface area (Å²) < 4.78 is 2.02. The van der Waals surface area contributed by atoms with E-state index in [4.69, 9.17) is 0 Å². The number of aromatic nitrogens is 3. The number of carbonyl (C=O) groups excluding carboxylic acids is 1. The number of benzene rings is 3. The van der Waals surface area contributed by atoms with Gasteiger partial charge in [0.15, 0.2) is 11.0 Å². The van der Waals surface area contributed by atoms with Crippen LogP contribution in [0.1, 0.15) is 51.7 Å². The molecule has 0 aliphatic carbocycles. The third kappa shape index (κ3) is 6.01. The molecule has 1 amide bonds. The maximum Gasteiger partial charge on any atom is 0.234 e. The second-order valence-electron chi connectivity index (χ2n) is 9.92. The average Bonchev–Trinajstić information content (AvgIpc) is 3.27. The van der Waals surface area contributed by atoms with Gasteiger partial charge in [-0.05, 0) is 46.7 Å². The van der Waals surface area contributed by atoms with E-state index in [-0.39, 0.29) is 17.1 Å². The molecule has 0 unspecified atom stereocenters. The standard InChI is InChI=1S/C29H32N4OS/c1-20(2)21-13-17-24(18-14-21)30-26(34)19-35-28-32-31-27(33(28)25-9-7-6-8-10-25)22-11-15-23(16-12-22)29(3,4)5/h6-18,20H,19H2,1-5H3,(H,30,34). The molecule has 35 heavy (non-hydrogen) atoms. The van der Waals surface area contributed by atoms with E-state index in [1.54, 1.807) is 0 Å². The molecular weight excluding hydrogens is 452 g/mol. The van der Waals surface area contributed by atoms with Gasteiger partial charge in [-0.15, -0.1) is 10.2 Å². The number of para-hydroxylation sites is 1. The van der Waals surface area contributed by atoms with Gasteiger partial charge in [0.25, 0.3) is 0 Å². The average molecular weight is 485 g/mol. The van der Waals surface area contributed by atoms with Gasteiger partial charge in [0.2, 0.25) is 5.91 Å². The van der Waals surface area contributed by atoms with E-state index in [9.17, 15) is 4.79 Å². The van der Waals surface area contributed by atoms with E-state index in [1.807, 2.05) is 47.0 Å². The fraction of sp³-hybridized carbons (Fsp3) is 0.276. The van der Waals surface area contributed by atoms with E-state index in [0.29, 0.717) is 11.1 Å². The third-order valence-electron chi connectivity index (χ3n) is 5.85. The Balaban J connectivity index is 1.55. The zero-order valence-electron chi connectivity index (χ0n) is 20.9. The Kier molecular flexibility index (Phi) is 7.41. The van der Waals surface area contributed by atoms with E-state index < -0.39 is 0 Å². The molecule has 0 bridgehead atoms. The highest BCUT2D eigenvalue weighted by Gasteiger charge is 2.19. The monoisotopic (exact) mass is 484 g/mol. The summed E-state index contributed by atoms with van der Waals surface area (Å²) in [7, 11) is 0. The Bertz CT molecular complexity index is 1270. The highest BCUT2D eigenvalue weighted by atomic mass is 32.2. The van der Waals surface area contributed by atoms with Gasteiger partial charge in [0.05, 0.1) is 5.75 Å². The van der Waals surface area contributed by atoms with Crippen molar-refractivity contribution in [2.24, 2.45) is 0 Å². The van der Waals surface area contributed by atoms with Crippen molar-refractivity contribution < 1.29 is 4.79 Å². The zero-order chi connectivity index (χ0) is 25.0. The van der Waals surface area contributed by atoms with Gasteiger partial charge in [0.1, 0.15) is 0 Å². The summed E-state index contributed by atoms with van der Waals surface area (Å²) in [5.74, 6) is 1.37. The second-order valence-corrected chi connectivity index (χ2v) is 10.9. The highest BCUT2D eigenvalue weighted by molar-refractivity contribution is 7.99. The van der Waals surface area contributed by atoms with Crippen LogP contribution >= 0.6 is 11.8 Å². The van der Waals surface area contributed by atoms with Crippen LogP contribution in [0.25, 0.3) is 17.1 Å². The van der Waals surface area contributed by atoms with Gasteiger partial charge < -0.3 is 5.32 Å². The molecule has 0 saturated heterocycles. The van der Waals surface area contributed by atoms with Crippen LogP contribution in [-0.2, 0) is 10.2 Å². The Morgan fingerprint density at radius 3 is 2.17 bits per heavy atom. The molecule has 4 rings (SSSR count). The normalized spacial score (nSPS) is 11.6. The molecule has 0 atom stereocenters. The summed E-state index contributed by atoms with van der Waals surface area (Å²) in [6, 6.07) is 26.5. The summed E-state index contributed by atoms with van der Waals surface area (Å²) >= 11 is 1.38. The summed E-state index contributed by atoms with van der Waals surface area (Å²) in [6.07, 6.45) is 0. The van der Waals surface area contributed by atoms with Crippen LogP contribution < -0.4 is 5.32 Å². The number of anilines is 1. The second kappa shape index (κ2) is 10.5. The lowest BCUT2D eigenvalue weighted by Crippen LogP contribution is -2.14. The van der Waals surface area contributed by atoms with Crippen molar-refractivity contribution in [2.75, 3.05) is 11.1 Å². The Labute approximate surface area is 212 Å². The number of amides is 1. The smallest absolute Gasteiger partial charge is 0.234 e. The fourth-order valence-corrected chi connectivity index (χ4v) is 4.51. The molecule has 0 saturated carbocycles. The highest BCUT2D eigenvalue weighted by Crippen LogP contribution is 2.30. The van der Waals surface area contributed by atoms with Gasteiger partial charge in [-0.1, -0.05) is 101 Å². The molecule has 1 N–H and O–H groups in total. The number of nitrogens with one attached hydrogen (secondary N) is 1. The first-order valence-electron chi connectivity index (χ1n) is 11.9. The minimum Gasteiger partial charge on any atom is -0.325 e. The molecule has 0 aliphatic heterocycles. The molecule has 3 aromatic carbocycles. The molecule has 0 radical (unpaired) electrons. The number of thioether (sulfide) groups is 1. The predicted molar refractivity (Wildman–Crippen MR) is 145 cm³/mol. The molecule has 5 nitrogen and oxygen atoms in total. The molecule has 1 aromatic heterocycles. The molecule has 0 spiro atoms. The van der Waals surface area contributed by atoms with Crippen molar-refractivity contribution in [1.82, 2.24) is 14.8 Å². The summed E-state index contributed by atoms with van der Waals surface area (Å²) in [4.78, 5) is 12.7. The lowest BCUT2D eigenvalue weighted by atomic mass is 9.87. The number of rotatable bonds is 7. The van der Waals surface area contributed by atoms with Crippen molar-refractivity contribution in [3.05, 3.63) is 90.0 Å². The maximum atomic E-state index is 12.7. The van der Waals surface area contributed by atoms with Crippen LogP contribution in [0.3, 0.4) is 0 Å². The largest absolute Gasteiger partial charge is 0.325 e. The third-order valence-corrected chi connectivity index (χ3v) is 6.78. The van der Waals surface area contributed by atoms with E-state index in [0.717, 1.165) is 22.8 Å². The molecule has 0 fully saturated rings. The Morgan fingerprint density at radius 1 is 0.914 bits per heavy atom. The van der Waals surface area contributed by atoms with Crippen molar-refractivity contribution in [3.63, 3.8) is 0 Å². The van der Waals surface area contributed by atoms with Crippen molar-refractivity contribution in [2.45, 2.75) is 51.1 Å². The molecule has 180 valence electrons. The fourth-order valence-electron chi connectivity index (χ4n) is 3.76. The quantitative estimate of drug-likeness (QED) is 0.285. The van der Waals surface area contributed by atoms with Crippen molar-refractivity contribution in [1.29, 1.82) is 0 Å². The van der Waals surface area contributed by atoms with E-state index >= 15 is 0 Å². The lowest BCUT2D eigenvalue weighted by Gasteiger charge is -2.19. The minimum atomic E-state index is -0.0778. The van der Waals surface area contributed by atoms with Gasteiger partial charge in [0, 0.05) is 16.9 Å². The molecule has 0 aliphatic rings. The number of nitrogens with zero attached hydrogens (tertiary/aromatic N) is 3. The van der Waals surface area contributed by atoms with Crippen LogP contribution in [0.15, 0.2) is 84.0 Å². The SMILES string of the molecule is CC(C)c1ccc(NC(=O)CSc2nnc(-c3ccc(C(C)(C)C)cc3)n2-c2ccccc2)cc1. The van der Waals surface area contributed by atoms with Gasteiger partial charge >= 0.3 is 0 Å². The number of carbonyl (C=O) groups is 1. The van der Waals surface area contributed by atoms with Crippen molar-refractivity contribution >= 4 is 23.4 Å². The van der Waals surface area contributed by atoms with Crippen molar-refractivity contribution in [3.8, 4) is 17.1 Å². The predicted octanol–water partition coefficient (Wildman–Crippen LogP) is 7.09. The summed E-state index contributed by atoms with van der Waals surface area (Å²) in [5.41, 5.74) is 5.32.